The van der Waals surface area contributed by atoms with Crippen LogP contribution in [0, 0.1) is 41.0 Å². The Bertz CT molecular complexity index is 303. The molecule has 1 rings (SSSR count). The van der Waals surface area contributed by atoms with E-state index in [1.165, 1.54) is 33.4 Å². The fraction of sp³-hybridized carbons (Fsp3) is 0.462. The van der Waals surface area contributed by atoms with Crippen LogP contribution in [0.4, 0.5) is 0 Å². The monoisotopic (exact) mass is 175 g/mol. The van der Waals surface area contributed by atoms with E-state index in [9.17, 15) is 0 Å². The van der Waals surface area contributed by atoms with E-state index < -0.39 is 0 Å². The standard InChI is InChI=1S/C13H19/c1-7-13-11(5)9(3)8(2)10(4)12(13)6/h7H,1-6H3. The van der Waals surface area contributed by atoms with Gasteiger partial charge >= 0.3 is 0 Å². The Morgan fingerprint density at radius 3 is 1.23 bits per heavy atom. The van der Waals surface area contributed by atoms with Crippen molar-refractivity contribution in [2.24, 2.45) is 0 Å². The molecule has 1 aromatic rings. The highest BCUT2D eigenvalue weighted by molar-refractivity contribution is 5.51. The number of rotatable bonds is 1. The van der Waals surface area contributed by atoms with Gasteiger partial charge in [0.1, 0.15) is 0 Å². The van der Waals surface area contributed by atoms with Crippen LogP contribution in [-0.2, 0) is 0 Å². The van der Waals surface area contributed by atoms with Crippen molar-refractivity contribution in [3.8, 4) is 0 Å². The SMILES string of the molecule is C[CH]c1c(C)c(C)c(C)c(C)c1C. The lowest BCUT2D eigenvalue weighted by atomic mass is 9.89. The lowest BCUT2D eigenvalue weighted by Gasteiger charge is -2.17. The Labute approximate surface area is 82.0 Å². The zero-order chi connectivity index (χ0) is 10.2. The lowest BCUT2D eigenvalue weighted by Crippen LogP contribution is -2.00. The summed E-state index contributed by atoms with van der Waals surface area (Å²) in [5.74, 6) is 0. The molecule has 0 aliphatic rings. The first kappa shape index (κ1) is 10.3. The molecular weight excluding hydrogens is 156 g/mol. The molecule has 1 aromatic carbocycles. The van der Waals surface area contributed by atoms with Crippen molar-refractivity contribution in [3.63, 3.8) is 0 Å². The fourth-order valence-corrected chi connectivity index (χ4v) is 1.96. The van der Waals surface area contributed by atoms with Gasteiger partial charge in [0.15, 0.2) is 0 Å². The molecule has 0 N–H and O–H groups in total. The van der Waals surface area contributed by atoms with E-state index in [-0.39, 0.29) is 0 Å². The third kappa shape index (κ3) is 1.50. The van der Waals surface area contributed by atoms with Gasteiger partial charge < -0.3 is 0 Å². The minimum atomic E-state index is 1.42. The highest BCUT2D eigenvalue weighted by Gasteiger charge is 2.09. The molecule has 0 amide bonds. The minimum absolute atomic E-state index is 1.42. The van der Waals surface area contributed by atoms with Crippen LogP contribution in [0.2, 0.25) is 0 Å². The molecule has 0 heterocycles. The lowest BCUT2D eigenvalue weighted by molar-refractivity contribution is 1.13. The average molecular weight is 175 g/mol. The van der Waals surface area contributed by atoms with Gasteiger partial charge in [-0.25, -0.2) is 0 Å². The summed E-state index contributed by atoms with van der Waals surface area (Å²) in [5.41, 5.74) is 8.61. The van der Waals surface area contributed by atoms with Crippen molar-refractivity contribution in [3.05, 3.63) is 39.8 Å². The van der Waals surface area contributed by atoms with E-state index in [1.807, 2.05) is 0 Å². The van der Waals surface area contributed by atoms with Crippen molar-refractivity contribution >= 4 is 0 Å². The first-order chi connectivity index (χ1) is 6.00. The highest BCUT2D eigenvalue weighted by atomic mass is 14.1. The average Bonchev–Trinajstić information content (AvgIpc) is 2.13. The maximum absolute atomic E-state index is 2.21. The molecule has 13 heavy (non-hydrogen) atoms. The quantitative estimate of drug-likeness (QED) is 0.609. The van der Waals surface area contributed by atoms with Crippen LogP contribution >= 0.6 is 0 Å². The number of hydrogen-bond donors (Lipinski definition) is 0. The van der Waals surface area contributed by atoms with Crippen molar-refractivity contribution in [2.45, 2.75) is 41.5 Å². The van der Waals surface area contributed by atoms with Crippen molar-refractivity contribution in [2.75, 3.05) is 0 Å². The first-order valence-electron chi connectivity index (χ1n) is 4.87. The summed E-state index contributed by atoms with van der Waals surface area (Å²) in [7, 11) is 0. The summed E-state index contributed by atoms with van der Waals surface area (Å²) >= 11 is 0. The van der Waals surface area contributed by atoms with Crippen LogP contribution in [0.1, 0.15) is 40.3 Å². The van der Waals surface area contributed by atoms with Crippen molar-refractivity contribution in [1.82, 2.24) is 0 Å². The molecule has 0 saturated heterocycles. The molecule has 0 bridgehead atoms. The van der Waals surface area contributed by atoms with Gasteiger partial charge in [0.25, 0.3) is 0 Å². The van der Waals surface area contributed by atoms with E-state index in [4.69, 9.17) is 0 Å². The van der Waals surface area contributed by atoms with E-state index >= 15 is 0 Å². The zero-order valence-corrected chi connectivity index (χ0v) is 9.58. The van der Waals surface area contributed by atoms with E-state index in [0.717, 1.165) is 0 Å². The van der Waals surface area contributed by atoms with E-state index in [2.05, 4.69) is 48.0 Å². The molecule has 0 nitrogen and oxygen atoms in total. The fourth-order valence-electron chi connectivity index (χ4n) is 1.96. The van der Waals surface area contributed by atoms with Crippen LogP contribution in [0.15, 0.2) is 0 Å². The molecule has 0 heteroatoms. The van der Waals surface area contributed by atoms with Gasteiger partial charge in [-0.05, 0) is 74.4 Å². The normalized spacial score (nSPS) is 10.6. The summed E-state index contributed by atoms with van der Waals surface area (Å²) < 4.78 is 0. The van der Waals surface area contributed by atoms with Gasteiger partial charge in [0.05, 0.1) is 0 Å². The van der Waals surface area contributed by atoms with Crippen LogP contribution in [-0.4, -0.2) is 0 Å². The topological polar surface area (TPSA) is 0 Å². The second-order valence-electron chi connectivity index (χ2n) is 3.83. The molecule has 0 unspecified atom stereocenters. The number of benzene rings is 1. The summed E-state index contributed by atoms with van der Waals surface area (Å²) in [6, 6.07) is 0. The van der Waals surface area contributed by atoms with Crippen molar-refractivity contribution < 1.29 is 0 Å². The molecule has 0 atom stereocenters. The molecule has 0 aromatic heterocycles. The first-order valence-corrected chi connectivity index (χ1v) is 4.87. The molecule has 0 spiro atoms. The van der Waals surface area contributed by atoms with Gasteiger partial charge in [-0.15, -0.1) is 0 Å². The zero-order valence-electron chi connectivity index (χ0n) is 9.58. The van der Waals surface area contributed by atoms with Gasteiger partial charge in [0, 0.05) is 0 Å². The second kappa shape index (κ2) is 3.53. The predicted molar refractivity (Wildman–Crippen MR) is 59.2 cm³/mol. The maximum atomic E-state index is 2.21. The Kier molecular flexibility index (Phi) is 2.80. The molecule has 0 saturated carbocycles. The maximum Gasteiger partial charge on any atom is -0.0118 e. The third-order valence-corrected chi connectivity index (χ3v) is 3.35. The van der Waals surface area contributed by atoms with Gasteiger partial charge in [-0.1, -0.05) is 6.92 Å². The Morgan fingerprint density at radius 1 is 0.615 bits per heavy atom. The van der Waals surface area contributed by atoms with Crippen LogP contribution in [0.5, 0.6) is 0 Å². The Morgan fingerprint density at radius 2 is 0.923 bits per heavy atom. The minimum Gasteiger partial charge on any atom is -0.0578 e. The van der Waals surface area contributed by atoms with E-state index in [0.29, 0.717) is 0 Å². The molecule has 0 aliphatic carbocycles. The van der Waals surface area contributed by atoms with Gasteiger partial charge in [-0.3, -0.25) is 0 Å². The third-order valence-electron chi connectivity index (χ3n) is 3.35. The summed E-state index contributed by atoms with van der Waals surface area (Å²) in [6.45, 7) is 13.2. The van der Waals surface area contributed by atoms with Crippen molar-refractivity contribution in [1.29, 1.82) is 0 Å². The summed E-state index contributed by atoms with van der Waals surface area (Å²) in [5, 5.41) is 0. The predicted octanol–water partition coefficient (Wildman–Crippen LogP) is 3.80. The number of hydrogen-bond acceptors (Lipinski definition) is 0. The van der Waals surface area contributed by atoms with E-state index in [1.54, 1.807) is 0 Å². The molecule has 0 fully saturated rings. The molecular formula is C13H19. The van der Waals surface area contributed by atoms with Crippen LogP contribution in [0.3, 0.4) is 0 Å². The Hall–Kier alpha value is -0.780. The summed E-state index contributed by atoms with van der Waals surface area (Å²) in [4.78, 5) is 0. The Balaban J connectivity index is 3.56. The summed E-state index contributed by atoms with van der Waals surface area (Å²) in [6.07, 6.45) is 2.21. The van der Waals surface area contributed by atoms with Gasteiger partial charge in [0.2, 0.25) is 0 Å². The largest absolute Gasteiger partial charge is 0.0578 e. The van der Waals surface area contributed by atoms with Crippen LogP contribution in [0.25, 0.3) is 0 Å². The van der Waals surface area contributed by atoms with Gasteiger partial charge in [-0.2, -0.15) is 0 Å². The molecule has 71 valence electrons. The van der Waals surface area contributed by atoms with Crippen LogP contribution < -0.4 is 0 Å². The highest BCUT2D eigenvalue weighted by Crippen LogP contribution is 2.26. The molecule has 1 radical (unpaired) electrons. The molecule has 0 aliphatic heterocycles. The second-order valence-corrected chi connectivity index (χ2v) is 3.83. The smallest absolute Gasteiger partial charge is 0.0118 e.